The number of halogens is 1. The number of aliphatic hydroxyl groups is 1. The van der Waals surface area contributed by atoms with Crippen molar-refractivity contribution in [2.75, 3.05) is 32.1 Å². The summed E-state index contributed by atoms with van der Waals surface area (Å²) in [4.78, 5) is 15.1. The van der Waals surface area contributed by atoms with Crippen molar-refractivity contribution in [3.63, 3.8) is 0 Å². The van der Waals surface area contributed by atoms with Gasteiger partial charge in [-0.25, -0.2) is 4.39 Å². The summed E-state index contributed by atoms with van der Waals surface area (Å²) >= 11 is 0. The van der Waals surface area contributed by atoms with Crippen LogP contribution in [0.2, 0.25) is 0 Å². The van der Waals surface area contributed by atoms with E-state index in [0.29, 0.717) is 17.0 Å². The van der Waals surface area contributed by atoms with Gasteiger partial charge >= 0.3 is 0 Å². The minimum atomic E-state index is -1.98. The number of piperidine rings is 1. The van der Waals surface area contributed by atoms with Gasteiger partial charge in [0.05, 0.1) is 7.11 Å². The Labute approximate surface area is 164 Å². The summed E-state index contributed by atoms with van der Waals surface area (Å²) in [6, 6.07) is 9.46. The van der Waals surface area contributed by atoms with Crippen molar-refractivity contribution in [1.82, 2.24) is 4.90 Å². The Kier molecular flexibility index (Phi) is 5.08. The summed E-state index contributed by atoms with van der Waals surface area (Å²) in [5.41, 5.74) is -0.0108. The largest absolute Gasteiger partial charge is 0.496 e. The number of methoxy groups -OCH3 is 1. The molecule has 0 aromatic heterocycles. The maximum atomic E-state index is 13.8. The van der Waals surface area contributed by atoms with Crippen molar-refractivity contribution in [1.29, 1.82) is 0 Å². The first-order chi connectivity index (χ1) is 13.5. The van der Waals surface area contributed by atoms with Gasteiger partial charge in [0.1, 0.15) is 11.6 Å². The highest BCUT2D eigenvalue weighted by atomic mass is 19.1. The lowest BCUT2D eigenvalue weighted by atomic mass is 9.85. The third kappa shape index (κ3) is 3.27. The average molecular weight is 384 g/mol. The fraction of sp³-hybridized carbons (Fsp3) is 0.409. The van der Waals surface area contributed by atoms with Crippen molar-refractivity contribution in [3.05, 3.63) is 58.9 Å². The molecule has 2 aliphatic rings. The second-order valence-corrected chi connectivity index (χ2v) is 7.54. The van der Waals surface area contributed by atoms with Gasteiger partial charge in [-0.15, -0.1) is 0 Å². The first-order valence-electron chi connectivity index (χ1n) is 9.76. The van der Waals surface area contributed by atoms with Crippen LogP contribution in [0.4, 0.5) is 10.1 Å². The predicted octanol–water partition coefficient (Wildman–Crippen LogP) is 3.05. The number of hydrogen-bond acceptors (Lipinski definition) is 4. The number of carbonyl (C=O) groups is 1. The summed E-state index contributed by atoms with van der Waals surface area (Å²) in [5, 5.41) is 14.0. The molecule has 1 fully saturated rings. The Morgan fingerprint density at radius 1 is 1.14 bits per heavy atom. The average Bonchev–Trinajstić information content (AvgIpc) is 2.98. The molecular weight excluding hydrogens is 359 g/mol. The molecule has 148 valence electrons. The number of carbonyl (C=O) groups excluding carboxylic acids is 1. The van der Waals surface area contributed by atoms with Crippen molar-refractivity contribution >= 4 is 11.6 Å². The zero-order valence-corrected chi connectivity index (χ0v) is 16.0. The lowest BCUT2D eigenvalue weighted by Gasteiger charge is -2.27. The van der Waals surface area contributed by atoms with E-state index < -0.39 is 17.3 Å². The summed E-state index contributed by atoms with van der Waals surface area (Å²) in [7, 11) is 1.49. The van der Waals surface area contributed by atoms with Crippen LogP contribution >= 0.6 is 0 Å². The van der Waals surface area contributed by atoms with Crippen molar-refractivity contribution < 1.29 is 19.0 Å². The van der Waals surface area contributed by atoms with Gasteiger partial charge in [0, 0.05) is 23.4 Å². The molecule has 0 radical (unpaired) electrons. The maximum Gasteiger partial charge on any atom is 0.266 e. The van der Waals surface area contributed by atoms with E-state index in [4.69, 9.17) is 4.74 Å². The van der Waals surface area contributed by atoms with E-state index in [9.17, 15) is 14.3 Å². The number of ether oxygens (including phenoxy) is 1. The minimum absolute atomic E-state index is 0.212. The fourth-order valence-corrected chi connectivity index (χ4v) is 4.19. The Morgan fingerprint density at radius 2 is 1.93 bits per heavy atom. The van der Waals surface area contributed by atoms with Crippen LogP contribution in [0.25, 0.3) is 0 Å². The van der Waals surface area contributed by atoms with Crippen molar-refractivity contribution in [2.45, 2.75) is 31.3 Å². The van der Waals surface area contributed by atoms with Crippen LogP contribution in [-0.2, 0) is 16.8 Å². The molecule has 1 amide bonds. The van der Waals surface area contributed by atoms with E-state index in [1.807, 2.05) is 12.1 Å². The third-order valence-electron chi connectivity index (χ3n) is 5.77. The number of fused-ring (bicyclic) bond motifs is 1. The number of anilines is 1. The van der Waals surface area contributed by atoms with Gasteiger partial charge in [0.25, 0.3) is 5.91 Å². The van der Waals surface area contributed by atoms with Crippen LogP contribution in [0, 0.1) is 5.82 Å². The zero-order valence-electron chi connectivity index (χ0n) is 16.0. The Morgan fingerprint density at radius 3 is 2.68 bits per heavy atom. The molecule has 2 N–H and O–H groups in total. The van der Waals surface area contributed by atoms with E-state index in [-0.39, 0.29) is 5.56 Å². The van der Waals surface area contributed by atoms with Gasteiger partial charge in [-0.2, -0.15) is 0 Å². The molecule has 1 unspecified atom stereocenters. The van der Waals surface area contributed by atoms with Gasteiger partial charge in [-0.1, -0.05) is 12.5 Å². The molecule has 2 aliphatic heterocycles. The van der Waals surface area contributed by atoms with Crippen molar-refractivity contribution in [2.24, 2.45) is 0 Å². The first-order valence-corrected chi connectivity index (χ1v) is 9.76. The molecule has 0 bridgehead atoms. The smallest absolute Gasteiger partial charge is 0.266 e. The van der Waals surface area contributed by atoms with E-state index in [2.05, 4.69) is 10.2 Å². The molecule has 1 saturated heterocycles. The predicted molar refractivity (Wildman–Crippen MR) is 105 cm³/mol. The van der Waals surface area contributed by atoms with Crippen molar-refractivity contribution in [3.8, 4) is 5.75 Å². The summed E-state index contributed by atoms with van der Waals surface area (Å²) in [6.07, 6.45) is 4.57. The number of nitrogens with zero attached hydrogens (tertiary/aromatic N) is 1. The Balaban J connectivity index is 1.68. The molecule has 5 nitrogen and oxygen atoms in total. The molecule has 2 aromatic carbocycles. The summed E-state index contributed by atoms with van der Waals surface area (Å²) < 4.78 is 19.3. The van der Waals surface area contributed by atoms with E-state index in [1.54, 1.807) is 6.07 Å². The summed E-state index contributed by atoms with van der Waals surface area (Å²) in [5.74, 6) is -0.704. The standard InChI is InChI=1S/C22H25FN2O3/c1-28-20-8-5-15(9-12-25-10-3-2-4-11-25)13-18(20)22(27)17-14-16(23)6-7-19(17)24-21(22)26/h5-8,13-14,27H,2-4,9-12H2,1H3,(H,24,26). The fourth-order valence-electron chi connectivity index (χ4n) is 4.19. The number of likely N-dealkylation sites (tertiary alicyclic amines) is 1. The molecule has 2 heterocycles. The SMILES string of the molecule is COc1ccc(CCN2CCCCC2)cc1C1(O)C(=O)Nc2ccc(F)cc21. The van der Waals surface area contributed by atoms with Gasteiger partial charge < -0.3 is 20.1 Å². The van der Waals surface area contributed by atoms with Gasteiger partial charge in [0.2, 0.25) is 0 Å². The lowest BCUT2D eigenvalue weighted by Crippen LogP contribution is -2.36. The lowest BCUT2D eigenvalue weighted by molar-refractivity contribution is -0.129. The number of rotatable bonds is 5. The molecule has 4 rings (SSSR count). The quantitative estimate of drug-likeness (QED) is 0.832. The topological polar surface area (TPSA) is 61.8 Å². The maximum absolute atomic E-state index is 13.8. The Hall–Kier alpha value is -2.44. The van der Waals surface area contributed by atoms with Crippen LogP contribution in [0.1, 0.15) is 36.0 Å². The number of hydrogen-bond donors (Lipinski definition) is 2. The van der Waals surface area contributed by atoms with E-state index in [1.165, 1.54) is 44.6 Å². The van der Waals surface area contributed by atoms with Gasteiger partial charge in [-0.3, -0.25) is 4.79 Å². The first kappa shape index (κ1) is 18.9. The Bertz CT molecular complexity index is 895. The highest BCUT2D eigenvalue weighted by Gasteiger charge is 2.48. The molecule has 0 spiro atoms. The van der Waals surface area contributed by atoms with E-state index in [0.717, 1.165) is 31.6 Å². The normalized spacial score (nSPS) is 22.0. The molecular formula is C22H25FN2O3. The van der Waals surface area contributed by atoms with Crippen LogP contribution < -0.4 is 10.1 Å². The molecule has 1 atom stereocenters. The monoisotopic (exact) mass is 384 g/mol. The summed E-state index contributed by atoms with van der Waals surface area (Å²) in [6.45, 7) is 3.16. The van der Waals surface area contributed by atoms with Gasteiger partial charge in [0.15, 0.2) is 5.60 Å². The molecule has 6 heteroatoms. The second kappa shape index (κ2) is 7.53. The molecule has 0 saturated carbocycles. The highest BCUT2D eigenvalue weighted by Crippen LogP contribution is 2.44. The van der Waals surface area contributed by atoms with Crippen LogP contribution in [0.5, 0.6) is 5.75 Å². The number of amides is 1. The molecule has 0 aliphatic carbocycles. The number of benzene rings is 2. The van der Waals surface area contributed by atoms with Gasteiger partial charge in [-0.05, 0) is 68.2 Å². The number of nitrogens with one attached hydrogen (secondary N) is 1. The zero-order chi connectivity index (χ0) is 19.7. The minimum Gasteiger partial charge on any atom is -0.496 e. The van der Waals surface area contributed by atoms with Crippen LogP contribution in [0.3, 0.4) is 0 Å². The highest BCUT2D eigenvalue weighted by molar-refractivity contribution is 6.07. The van der Waals surface area contributed by atoms with E-state index >= 15 is 0 Å². The second-order valence-electron chi connectivity index (χ2n) is 7.54. The molecule has 28 heavy (non-hydrogen) atoms. The third-order valence-corrected chi connectivity index (χ3v) is 5.77. The van der Waals surface area contributed by atoms with Crippen LogP contribution in [0.15, 0.2) is 36.4 Å². The van der Waals surface area contributed by atoms with Crippen LogP contribution in [-0.4, -0.2) is 42.7 Å². The molecule has 2 aromatic rings.